The molecule has 0 bridgehead atoms. The van der Waals surface area contributed by atoms with Crippen LogP contribution >= 0.6 is 0 Å². The second-order valence-electron chi connectivity index (χ2n) is 4.32. The summed E-state index contributed by atoms with van der Waals surface area (Å²) in [6.45, 7) is 6.65. The monoisotopic (exact) mass is 244 g/mol. The van der Waals surface area contributed by atoms with Crippen molar-refractivity contribution in [1.29, 1.82) is 0 Å². The number of hydrogen-bond donors (Lipinski definition) is 0. The molecular weight excluding hydrogens is 224 g/mol. The van der Waals surface area contributed by atoms with Crippen molar-refractivity contribution in [1.82, 2.24) is 0 Å². The lowest BCUT2D eigenvalue weighted by Crippen LogP contribution is -2.19. The Balaban J connectivity index is 2.15. The molecule has 1 atom stereocenters. The molecule has 0 unspecified atom stereocenters. The van der Waals surface area contributed by atoms with E-state index in [1.54, 1.807) is 0 Å². The number of ether oxygens (including phenoxy) is 2. The summed E-state index contributed by atoms with van der Waals surface area (Å²) in [5.74, 6) is 1.66. The van der Waals surface area contributed by atoms with E-state index >= 15 is 0 Å². The van der Waals surface area contributed by atoms with Crippen LogP contribution in [0, 0.1) is 0 Å². The molecule has 0 radical (unpaired) electrons. The van der Waals surface area contributed by atoms with Gasteiger partial charge in [0, 0.05) is 0 Å². The normalized spacial score (nSPS) is 23.8. The third-order valence-corrected chi connectivity index (χ3v) is 3.19. The molecular formula is C16H20O2. The molecule has 1 aromatic carbocycles. The number of benzene rings is 1. The Labute approximate surface area is 109 Å². The second-order valence-corrected chi connectivity index (χ2v) is 4.32. The lowest BCUT2D eigenvalue weighted by atomic mass is 10.1. The molecule has 1 aliphatic rings. The van der Waals surface area contributed by atoms with Crippen LogP contribution in [0.15, 0.2) is 47.9 Å². The van der Waals surface area contributed by atoms with Crippen molar-refractivity contribution >= 4 is 0 Å². The summed E-state index contributed by atoms with van der Waals surface area (Å²) in [5.41, 5.74) is 2.51. The molecule has 2 heteroatoms. The molecule has 1 fully saturated rings. The molecule has 18 heavy (non-hydrogen) atoms. The highest BCUT2D eigenvalue weighted by molar-refractivity contribution is 5.28. The Hall–Kier alpha value is -1.70. The van der Waals surface area contributed by atoms with Gasteiger partial charge in [0.05, 0.1) is 0 Å². The maximum atomic E-state index is 5.97. The largest absolute Gasteiger partial charge is 0.486 e. The average molecular weight is 244 g/mol. The highest BCUT2D eigenvalue weighted by Crippen LogP contribution is 2.31. The first-order valence-corrected chi connectivity index (χ1v) is 6.49. The first-order chi connectivity index (χ1) is 8.78. The SMILES string of the molecule is C/C=C1/OC[C@H](c2ccc(CC)cc2)O/C1=C/C. The molecule has 0 N–H and O–H groups in total. The summed E-state index contributed by atoms with van der Waals surface area (Å²) in [6.07, 6.45) is 4.93. The molecule has 0 amide bonds. The van der Waals surface area contributed by atoms with E-state index in [2.05, 4.69) is 31.2 Å². The number of rotatable bonds is 2. The molecule has 0 aromatic heterocycles. The predicted octanol–water partition coefficient (Wildman–Crippen LogP) is 4.14. The minimum absolute atomic E-state index is 0.00851. The summed E-state index contributed by atoms with van der Waals surface area (Å²) in [6, 6.07) is 8.56. The summed E-state index contributed by atoms with van der Waals surface area (Å²) >= 11 is 0. The highest BCUT2D eigenvalue weighted by Gasteiger charge is 2.23. The van der Waals surface area contributed by atoms with Gasteiger partial charge in [0.25, 0.3) is 0 Å². The van der Waals surface area contributed by atoms with Crippen molar-refractivity contribution in [2.45, 2.75) is 33.3 Å². The van der Waals surface area contributed by atoms with Crippen molar-refractivity contribution < 1.29 is 9.47 Å². The van der Waals surface area contributed by atoms with E-state index in [1.807, 2.05) is 26.0 Å². The average Bonchev–Trinajstić information content (AvgIpc) is 2.46. The highest BCUT2D eigenvalue weighted by atomic mass is 16.6. The first kappa shape index (κ1) is 12.7. The minimum atomic E-state index is -0.00851. The topological polar surface area (TPSA) is 18.5 Å². The van der Waals surface area contributed by atoms with Crippen LogP contribution in [0.1, 0.15) is 38.0 Å². The molecule has 1 aliphatic heterocycles. The van der Waals surface area contributed by atoms with Gasteiger partial charge in [-0.15, -0.1) is 0 Å². The van der Waals surface area contributed by atoms with Crippen LogP contribution in [0.5, 0.6) is 0 Å². The molecule has 0 spiro atoms. The smallest absolute Gasteiger partial charge is 0.158 e. The fourth-order valence-electron chi connectivity index (χ4n) is 2.05. The second kappa shape index (κ2) is 5.76. The van der Waals surface area contributed by atoms with E-state index in [-0.39, 0.29) is 6.10 Å². The lowest BCUT2D eigenvalue weighted by molar-refractivity contribution is -0.00875. The molecule has 2 rings (SSSR count). The molecule has 0 aliphatic carbocycles. The van der Waals surface area contributed by atoms with E-state index in [0.717, 1.165) is 17.9 Å². The molecule has 1 saturated heterocycles. The fourth-order valence-corrected chi connectivity index (χ4v) is 2.05. The third kappa shape index (κ3) is 2.58. The van der Waals surface area contributed by atoms with Crippen molar-refractivity contribution in [3.63, 3.8) is 0 Å². The summed E-state index contributed by atoms with van der Waals surface area (Å²) in [5, 5.41) is 0. The lowest BCUT2D eigenvalue weighted by Gasteiger charge is -2.28. The van der Waals surface area contributed by atoms with Gasteiger partial charge in [-0.2, -0.15) is 0 Å². The van der Waals surface area contributed by atoms with E-state index in [4.69, 9.17) is 9.47 Å². The molecule has 96 valence electrons. The van der Waals surface area contributed by atoms with Crippen molar-refractivity contribution in [3.8, 4) is 0 Å². The Bertz CT molecular complexity index is 454. The van der Waals surface area contributed by atoms with Crippen LogP contribution < -0.4 is 0 Å². The van der Waals surface area contributed by atoms with Gasteiger partial charge in [-0.1, -0.05) is 31.2 Å². The Kier molecular flexibility index (Phi) is 4.08. The van der Waals surface area contributed by atoms with Crippen LogP contribution in [-0.4, -0.2) is 6.61 Å². The van der Waals surface area contributed by atoms with Gasteiger partial charge in [-0.3, -0.25) is 0 Å². The molecule has 1 heterocycles. The van der Waals surface area contributed by atoms with Gasteiger partial charge in [0.1, 0.15) is 6.61 Å². The van der Waals surface area contributed by atoms with Gasteiger partial charge < -0.3 is 9.47 Å². The van der Waals surface area contributed by atoms with Crippen LogP contribution in [0.25, 0.3) is 0 Å². The Morgan fingerprint density at radius 3 is 2.33 bits per heavy atom. The maximum Gasteiger partial charge on any atom is 0.158 e. The number of hydrogen-bond acceptors (Lipinski definition) is 2. The van der Waals surface area contributed by atoms with Crippen molar-refractivity contribution in [2.75, 3.05) is 6.61 Å². The maximum absolute atomic E-state index is 5.97. The first-order valence-electron chi connectivity index (χ1n) is 6.49. The quantitative estimate of drug-likeness (QED) is 0.778. The molecule has 1 aromatic rings. The standard InChI is InChI=1S/C16H20O2/c1-4-12-7-9-13(10-8-12)16-11-17-14(5-2)15(6-3)18-16/h5-10,16H,4,11H2,1-3H3/b14-5+,15-6+/t16-/m1/s1. The zero-order valence-corrected chi connectivity index (χ0v) is 11.3. The van der Waals surface area contributed by atoms with Crippen LogP contribution in [0.2, 0.25) is 0 Å². The Morgan fingerprint density at radius 2 is 1.78 bits per heavy atom. The van der Waals surface area contributed by atoms with E-state index in [0.29, 0.717) is 6.61 Å². The summed E-state index contributed by atoms with van der Waals surface area (Å²) in [7, 11) is 0. The number of allylic oxidation sites excluding steroid dienone is 2. The molecule has 2 nitrogen and oxygen atoms in total. The van der Waals surface area contributed by atoms with E-state index < -0.39 is 0 Å². The van der Waals surface area contributed by atoms with Gasteiger partial charge in [-0.05, 0) is 43.5 Å². The summed E-state index contributed by atoms with van der Waals surface area (Å²) < 4.78 is 11.7. The van der Waals surface area contributed by atoms with Gasteiger partial charge >= 0.3 is 0 Å². The third-order valence-electron chi connectivity index (χ3n) is 3.19. The minimum Gasteiger partial charge on any atom is -0.486 e. The van der Waals surface area contributed by atoms with Gasteiger partial charge in [0.2, 0.25) is 0 Å². The number of aryl methyl sites for hydroxylation is 1. The zero-order chi connectivity index (χ0) is 13.0. The Morgan fingerprint density at radius 1 is 1.11 bits per heavy atom. The summed E-state index contributed by atoms with van der Waals surface area (Å²) in [4.78, 5) is 0. The predicted molar refractivity (Wildman–Crippen MR) is 73.1 cm³/mol. The van der Waals surface area contributed by atoms with Crippen molar-refractivity contribution in [3.05, 3.63) is 59.1 Å². The fraction of sp³-hybridized carbons (Fsp3) is 0.375. The van der Waals surface area contributed by atoms with E-state index in [1.165, 1.54) is 11.1 Å². The van der Waals surface area contributed by atoms with Gasteiger partial charge in [-0.25, -0.2) is 0 Å². The zero-order valence-electron chi connectivity index (χ0n) is 11.3. The van der Waals surface area contributed by atoms with Gasteiger partial charge in [0.15, 0.2) is 17.6 Å². The van der Waals surface area contributed by atoms with Crippen LogP contribution in [-0.2, 0) is 15.9 Å². The van der Waals surface area contributed by atoms with Crippen LogP contribution in [0.3, 0.4) is 0 Å². The van der Waals surface area contributed by atoms with Crippen LogP contribution in [0.4, 0.5) is 0 Å². The van der Waals surface area contributed by atoms with E-state index in [9.17, 15) is 0 Å². The van der Waals surface area contributed by atoms with Crippen molar-refractivity contribution in [2.24, 2.45) is 0 Å². The molecule has 0 saturated carbocycles.